The van der Waals surface area contributed by atoms with Gasteiger partial charge in [-0.2, -0.15) is 0 Å². The van der Waals surface area contributed by atoms with E-state index < -0.39 is 11.7 Å². The largest absolute Gasteiger partial charge is 0.317 e. The molecule has 0 bridgehead atoms. The number of anilines is 1. The molecule has 0 fully saturated rings. The average molecular weight is 202 g/mol. The number of hydrogen-bond donors (Lipinski definition) is 1. The van der Waals surface area contributed by atoms with Crippen LogP contribution in [0.2, 0.25) is 5.02 Å². The number of benzene rings is 1. The number of nitrogens with one attached hydrogen (secondary N) is 1. The molecule has 5 heteroatoms. The van der Waals surface area contributed by atoms with Gasteiger partial charge in [0, 0.05) is 5.02 Å². The van der Waals surface area contributed by atoms with Gasteiger partial charge in [0.15, 0.2) is 0 Å². The molecule has 0 saturated heterocycles. The minimum Gasteiger partial charge on any atom is -0.317 e. The Morgan fingerprint density at radius 1 is 1.54 bits per heavy atom. The Morgan fingerprint density at radius 2 is 2.23 bits per heavy atom. The molecule has 0 atom stereocenters. The summed E-state index contributed by atoms with van der Waals surface area (Å²) < 4.78 is 12.9. The van der Waals surface area contributed by atoms with Crippen molar-refractivity contribution in [3.05, 3.63) is 29.0 Å². The summed E-state index contributed by atoms with van der Waals surface area (Å²) in [5.41, 5.74) is -0.107. The molecule has 0 aliphatic heterocycles. The highest BCUT2D eigenvalue weighted by molar-refractivity contribution is 6.32. The van der Waals surface area contributed by atoms with Crippen molar-refractivity contribution in [2.45, 2.75) is 0 Å². The van der Waals surface area contributed by atoms with Crippen molar-refractivity contribution in [2.24, 2.45) is 0 Å². The van der Waals surface area contributed by atoms with Crippen LogP contribution in [0.4, 0.5) is 10.1 Å². The zero-order valence-corrected chi connectivity index (χ0v) is 7.14. The number of amides is 1. The fourth-order valence-corrected chi connectivity index (χ4v) is 0.928. The summed E-state index contributed by atoms with van der Waals surface area (Å²) in [6.45, 7) is 0. The van der Waals surface area contributed by atoms with Crippen LogP contribution in [0.5, 0.6) is 0 Å². The van der Waals surface area contributed by atoms with Gasteiger partial charge < -0.3 is 5.32 Å². The summed E-state index contributed by atoms with van der Waals surface area (Å²) in [7, 11) is 0. The third-order valence-electron chi connectivity index (χ3n) is 1.29. The van der Waals surface area contributed by atoms with Crippen LogP contribution in [0.3, 0.4) is 0 Å². The zero-order chi connectivity index (χ0) is 9.84. The van der Waals surface area contributed by atoms with Gasteiger partial charge in [-0.25, -0.2) is 4.39 Å². The van der Waals surface area contributed by atoms with Crippen LogP contribution in [-0.4, -0.2) is 12.2 Å². The molecule has 0 radical (unpaired) electrons. The van der Waals surface area contributed by atoms with E-state index in [-0.39, 0.29) is 17.0 Å². The number of hydrogen-bond acceptors (Lipinski definition) is 2. The smallest absolute Gasteiger partial charge is 0.288 e. The maximum absolute atomic E-state index is 12.9. The molecule has 1 aromatic rings. The van der Waals surface area contributed by atoms with Crippen LogP contribution < -0.4 is 5.32 Å². The molecule has 1 N–H and O–H groups in total. The molecule has 0 aliphatic carbocycles. The van der Waals surface area contributed by atoms with Gasteiger partial charge in [0.1, 0.15) is 5.82 Å². The van der Waals surface area contributed by atoms with Gasteiger partial charge in [0.2, 0.25) is 6.29 Å². The van der Waals surface area contributed by atoms with Crippen molar-refractivity contribution >= 4 is 29.5 Å². The number of carbonyl (C=O) groups excluding carboxylic acids is 2. The minimum atomic E-state index is -0.916. The van der Waals surface area contributed by atoms with Gasteiger partial charge in [0.05, 0.1) is 5.69 Å². The Bertz CT molecular complexity index is 354. The molecule has 0 aliphatic rings. The summed E-state index contributed by atoms with van der Waals surface area (Å²) in [6.07, 6.45) is 0.0559. The molecule has 1 amide bonds. The van der Waals surface area contributed by atoms with Gasteiger partial charge >= 0.3 is 0 Å². The molecule has 1 rings (SSSR count). The third kappa shape index (κ3) is 2.52. The highest BCUT2D eigenvalue weighted by atomic mass is 35.5. The Morgan fingerprint density at radius 3 is 2.85 bits per heavy atom. The van der Waals surface area contributed by atoms with Crippen molar-refractivity contribution in [3.8, 4) is 0 Å². The van der Waals surface area contributed by atoms with Crippen molar-refractivity contribution in [3.63, 3.8) is 0 Å². The van der Waals surface area contributed by atoms with Crippen LogP contribution in [-0.2, 0) is 9.59 Å². The van der Waals surface area contributed by atoms with E-state index >= 15 is 0 Å². The predicted octanol–water partition coefficient (Wildman–Crippen LogP) is 1.62. The van der Waals surface area contributed by atoms with E-state index in [1.54, 1.807) is 0 Å². The lowest BCUT2D eigenvalue weighted by Crippen LogP contribution is -2.13. The third-order valence-corrected chi connectivity index (χ3v) is 1.53. The van der Waals surface area contributed by atoms with Crippen LogP contribution in [0, 0.1) is 5.82 Å². The van der Waals surface area contributed by atoms with Gasteiger partial charge in [-0.05, 0) is 18.2 Å². The summed E-state index contributed by atoms with van der Waals surface area (Å²) in [5, 5.41) is 2.31. The lowest BCUT2D eigenvalue weighted by Gasteiger charge is -2.02. The zero-order valence-electron chi connectivity index (χ0n) is 6.38. The first-order valence-corrected chi connectivity index (χ1v) is 3.72. The first-order chi connectivity index (χ1) is 6.13. The molecule has 0 spiro atoms. The highest BCUT2D eigenvalue weighted by Gasteiger charge is 2.05. The van der Waals surface area contributed by atoms with E-state index in [9.17, 15) is 14.0 Å². The SMILES string of the molecule is O=CC(=O)Nc1cc(Cl)ccc1F. The molecule has 68 valence electrons. The quantitative estimate of drug-likeness (QED) is 0.584. The monoisotopic (exact) mass is 201 g/mol. The molecule has 0 aromatic heterocycles. The number of aldehydes is 1. The molecule has 1 aromatic carbocycles. The van der Waals surface area contributed by atoms with E-state index in [2.05, 4.69) is 0 Å². The normalized spacial score (nSPS) is 9.38. The standard InChI is InChI=1S/C8H5ClFNO2/c9-5-1-2-6(10)7(3-5)11-8(13)4-12/h1-4H,(H,11,13). The molecule has 0 unspecified atom stereocenters. The first kappa shape index (κ1) is 9.67. The molecular formula is C8H5ClFNO2. The predicted molar refractivity (Wildman–Crippen MR) is 46.1 cm³/mol. The Labute approximate surface area is 78.5 Å². The summed E-state index contributed by atoms with van der Waals surface area (Å²) in [5.74, 6) is -1.55. The second kappa shape index (κ2) is 4.00. The van der Waals surface area contributed by atoms with Crippen molar-refractivity contribution in [2.75, 3.05) is 5.32 Å². The Kier molecular flexibility index (Phi) is 2.97. The topological polar surface area (TPSA) is 46.2 Å². The van der Waals surface area contributed by atoms with Gasteiger partial charge in [-0.1, -0.05) is 11.6 Å². The average Bonchev–Trinajstić information content (AvgIpc) is 2.11. The van der Waals surface area contributed by atoms with Crippen LogP contribution in [0.15, 0.2) is 18.2 Å². The fraction of sp³-hybridized carbons (Fsp3) is 0. The molecular weight excluding hydrogens is 197 g/mol. The summed E-state index contributed by atoms with van der Waals surface area (Å²) in [6, 6.07) is 3.66. The lowest BCUT2D eigenvalue weighted by molar-refractivity contribution is -0.127. The van der Waals surface area contributed by atoms with Crippen LogP contribution in [0.25, 0.3) is 0 Å². The molecule has 0 heterocycles. The van der Waals surface area contributed by atoms with Crippen molar-refractivity contribution < 1.29 is 14.0 Å². The van der Waals surface area contributed by atoms with Crippen LogP contribution in [0.1, 0.15) is 0 Å². The van der Waals surface area contributed by atoms with Crippen LogP contribution >= 0.6 is 11.6 Å². The second-order valence-corrected chi connectivity index (χ2v) is 2.67. The van der Waals surface area contributed by atoms with Crippen molar-refractivity contribution in [1.82, 2.24) is 0 Å². The Balaban J connectivity index is 2.93. The highest BCUT2D eigenvalue weighted by Crippen LogP contribution is 2.18. The van der Waals surface area contributed by atoms with E-state index in [1.807, 2.05) is 5.32 Å². The van der Waals surface area contributed by atoms with Gasteiger partial charge in [-0.15, -0.1) is 0 Å². The molecule has 13 heavy (non-hydrogen) atoms. The molecule has 0 saturated carbocycles. The number of carbonyl (C=O) groups is 2. The van der Waals surface area contributed by atoms with Crippen molar-refractivity contribution in [1.29, 1.82) is 0 Å². The minimum absolute atomic E-state index is 0.0559. The van der Waals surface area contributed by atoms with E-state index in [0.717, 1.165) is 6.07 Å². The Hall–Kier alpha value is -1.42. The van der Waals surface area contributed by atoms with E-state index in [4.69, 9.17) is 11.6 Å². The fourth-order valence-electron chi connectivity index (χ4n) is 0.755. The summed E-state index contributed by atoms with van der Waals surface area (Å²) in [4.78, 5) is 20.5. The summed E-state index contributed by atoms with van der Waals surface area (Å²) >= 11 is 5.54. The maximum atomic E-state index is 12.9. The van der Waals surface area contributed by atoms with Gasteiger partial charge in [0.25, 0.3) is 5.91 Å². The van der Waals surface area contributed by atoms with E-state index in [0.29, 0.717) is 0 Å². The molecule has 3 nitrogen and oxygen atoms in total. The second-order valence-electron chi connectivity index (χ2n) is 2.23. The number of rotatable bonds is 2. The van der Waals surface area contributed by atoms with E-state index in [1.165, 1.54) is 12.1 Å². The lowest BCUT2D eigenvalue weighted by atomic mass is 10.3. The first-order valence-electron chi connectivity index (χ1n) is 3.34. The number of halogens is 2. The van der Waals surface area contributed by atoms with Gasteiger partial charge in [-0.3, -0.25) is 9.59 Å². The maximum Gasteiger partial charge on any atom is 0.288 e.